The summed E-state index contributed by atoms with van der Waals surface area (Å²) in [6, 6.07) is 2.65. The van der Waals surface area contributed by atoms with E-state index in [-0.39, 0.29) is 0 Å². The van der Waals surface area contributed by atoms with Crippen molar-refractivity contribution in [1.29, 1.82) is 0 Å². The third-order valence-corrected chi connectivity index (χ3v) is 5.22. The van der Waals surface area contributed by atoms with Crippen molar-refractivity contribution >= 4 is 27.3 Å². The third-order valence-electron chi connectivity index (χ3n) is 3.52. The van der Waals surface area contributed by atoms with Gasteiger partial charge in [-0.25, -0.2) is 0 Å². The topological polar surface area (TPSA) is 29.9 Å². The van der Waals surface area contributed by atoms with Gasteiger partial charge in [-0.1, -0.05) is 0 Å². The van der Waals surface area contributed by atoms with E-state index < -0.39 is 0 Å². The maximum atomic E-state index is 4.38. The maximum Gasteiger partial charge on any atom is 0.0540 e. The molecule has 3 rings (SSSR count). The molecule has 96 valence electrons. The van der Waals surface area contributed by atoms with E-state index >= 15 is 0 Å². The van der Waals surface area contributed by atoms with Crippen LogP contribution in [0.15, 0.2) is 22.1 Å². The van der Waals surface area contributed by atoms with Crippen LogP contribution < -0.4 is 5.32 Å². The fourth-order valence-electron chi connectivity index (χ4n) is 2.59. The highest BCUT2D eigenvalue weighted by Gasteiger charge is 2.22. The summed E-state index contributed by atoms with van der Waals surface area (Å²) in [6.45, 7) is 0.940. The van der Waals surface area contributed by atoms with E-state index in [4.69, 9.17) is 0 Å². The van der Waals surface area contributed by atoms with Crippen molar-refractivity contribution in [1.82, 2.24) is 15.1 Å². The lowest BCUT2D eigenvalue weighted by molar-refractivity contribution is 0.453. The van der Waals surface area contributed by atoms with Crippen LogP contribution in [0.25, 0.3) is 0 Å². The first kappa shape index (κ1) is 12.4. The molecule has 0 spiro atoms. The number of hydrogen-bond donors (Lipinski definition) is 1. The van der Waals surface area contributed by atoms with Crippen molar-refractivity contribution in [2.24, 2.45) is 7.05 Å². The summed E-state index contributed by atoms with van der Waals surface area (Å²) in [5.74, 6) is 0. The van der Waals surface area contributed by atoms with Gasteiger partial charge >= 0.3 is 0 Å². The van der Waals surface area contributed by atoms with Gasteiger partial charge in [0.25, 0.3) is 0 Å². The van der Waals surface area contributed by atoms with Crippen molar-refractivity contribution in [3.8, 4) is 0 Å². The molecule has 2 aromatic heterocycles. The SMILES string of the molecule is Cn1ncc2c1CCC[C@H]2NCc1cc(Br)cs1. The summed E-state index contributed by atoms with van der Waals surface area (Å²) in [7, 11) is 2.04. The molecule has 1 atom stereocenters. The molecule has 0 aromatic carbocycles. The van der Waals surface area contributed by atoms with Gasteiger partial charge in [0.2, 0.25) is 0 Å². The van der Waals surface area contributed by atoms with Crippen LogP contribution in [-0.4, -0.2) is 9.78 Å². The Bertz CT molecular complexity index is 546. The summed E-state index contributed by atoms with van der Waals surface area (Å²) in [4.78, 5) is 1.37. The largest absolute Gasteiger partial charge is 0.305 e. The molecule has 0 saturated heterocycles. The van der Waals surface area contributed by atoms with Gasteiger partial charge in [-0.3, -0.25) is 4.68 Å². The van der Waals surface area contributed by atoms with Crippen molar-refractivity contribution in [2.75, 3.05) is 0 Å². The first-order chi connectivity index (χ1) is 8.74. The Balaban J connectivity index is 1.71. The molecule has 1 aliphatic rings. The molecule has 18 heavy (non-hydrogen) atoms. The van der Waals surface area contributed by atoms with E-state index in [2.05, 4.69) is 37.8 Å². The van der Waals surface area contributed by atoms with Crippen LogP contribution in [0, 0.1) is 0 Å². The predicted octanol–water partition coefficient (Wildman–Crippen LogP) is 3.41. The van der Waals surface area contributed by atoms with E-state index in [1.54, 1.807) is 11.3 Å². The van der Waals surface area contributed by atoms with Crippen LogP contribution in [0.3, 0.4) is 0 Å². The van der Waals surface area contributed by atoms with Crippen LogP contribution in [0.5, 0.6) is 0 Å². The molecule has 2 heterocycles. The van der Waals surface area contributed by atoms with E-state index in [0.717, 1.165) is 13.0 Å². The normalized spacial score (nSPS) is 18.9. The van der Waals surface area contributed by atoms with Gasteiger partial charge in [0, 0.05) is 45.6 Å². The lowest BCUT2D eigenvalue weighted by Gasteiger charge is -2.23. The van der Waals surface area contributed by atoms with Crippen molar-refractivity contribution in [3.05, 3.63) is 38.3 Å². The van der Waals surface area contributed by atoms with Crippen LogP contribution in [-0.2, 0) is 20.0 Å². The van der Waals surface area contributed by atoms with Gasteiger partial charge in [-0.2, -0.15) is 5.10 Å². The van der Waals surface area contributed by atoms with Crippen LogP contribution in [0.1, 0.15) is 35.0 Å². The Morgan fingerprint density at radius 3 is 3.28 bits per heavy atom. The highest BCUT2D eigenvalue weighted by Crippen LogP contribution is 2.30. The zero-order valence-corrected chi connectivity index (χ0v) is 12.7. The average molecular weight is 326 g/mol. The van der Waals surface area contributed by atoms with Crippen LogP contribution >= 0.6 is 27.3 Å². The highest BCUT2D eigenvalue weighted by molar-refractivity contribution is 9.10. The molecule has 2 aromatic rings. The van der Waals surface area contributed by atoms with Crippen molar-refractivity contribution in [2.45, 2.75) is 31.8 Å². The first-order valence-electron chi connectivity index (χ1n) is 6.21. The standard InChI is InChI=1S/C13H16BrN3S/c1-17-13-4-2-3-12(11(13)7-16-17)15-6-10-5-9(14)8-18-10/h5,7-8,12,15H,2-4,6H2,1H3/t12-/m1/s1. The molecule has 0 radical (unpaired) electrons. The molecule has 5 heteroatoms. The zero-order chi connectivity index (χ0) is 12.5. The van der Waals surface area contributed by atoms with Gasteiger partial charge in [0.15, 0.2) is 0 Å². The molecule has 0 aliphatic heterocycles. The molecule has 0 unspecified atom stereocenters. The molecule has 0 bridgehead atoms. The van der Waals surface area contributed by atoms with Gasteiger partial charge in [-0.15, -0.1) is 11.3 Å². The molecular formula is C13H16BrN3S. The number of nitrogens with one attached hydrogen (secondary N) is 1. The Hall–Kier alpha value is -0.650. The summed E-state index contributed by atoms with van der Waals surface area (Å²) < 4.78 is 3.19. The number of thiophene rings is 1. The Morgan fingerprint density at radius 1 is 1.61 bits per heavy atom. The number of fused-ring (bicyclic) bond motifs is 1. The minimum absolute atomic E-state index is 0.461. The van der Waals surface area contributed by atoms with Crippen molar-refractivity contribution < 1.29 is 0 Å². The fraction of sp³-hybridized carbons (Fsp3) is 0.462. The lowest BCUT2D eigenvalue weighted by Crippen LogP contribution is -2.24. The molecule has 1 N–H and O–H groups in total. The van der Waals surface area contributed by atoms with Crippen LogP contribution in [0.2, 0.25) is 0 Å². The van der Waals surface area contributed by atoms with E-state index in [0.29, 0.717) is 6.04 Å². The number of halogens is 1. The zero-order valence-electron chi connectivity index (χ0n) is 10.3. The molecule has 3 nitrogen and oxygen atoms in total. The van der Waals surface area contributed by atoms with E-state index in [1.807, 2.05) is 17.9 Å². The minimum Gasteiger partial charge on any atom is -0.305 e. The van der Waals surface area contributed by atoms with Crippen LogP contribution in [0.4, 0.5) is 0 Å². The number of aryl methyl sites for hydroxylation is 1. The van der Waals surface area contributed by atoms with E-state index in [1.165, 1.54) is 33.4 Å². The van der Waals surface area contributed by atoms with Gasteiger partial charge in [-0.05, 0) is 41.3 Å². The second-order valence-corrected chi connectivity index (χ2v) is 6.64. The van der Waals surface area contributed by atoms with Gasteiger partial charge < -0.3 is 5.32 Å². The van der Waals surface area contributed by atoms with E-state index in [9.17, 15) is 0 Å². The predicted molar refractivity (Wildman–Crippen MR) is 77.7 cm³/mol. The third kappa shape index (κ3) is 2.39. The fourth-order valence-corrected chi connectivity index (χ4v) is 3.99. The summed E-state index contributed by atoms with van der Waals surface area (Å²) in [5, 5.41) is 10.2. The number of hydrogen-bond acceptors (Lipinski definition) is 3. The highest BCUT2D eigenvalue weighted by atomic mass is 79.9. The Kier molecular flexibility index (Phi) is 3.54. The summed E-state index contributed by atoms with van der Waals surface area (Å²) in [6.07, 6.45) is 5.65. The number of aromatic nitrogens is 2. The summed E-state index contributed by atoms with van der Waals surface area (Å²) >= 11 is 5.29. The maximum absolute atomic E-state index is 4.38. The number of nitrogens with zero attached hydrogens (tertiary/aromatic N) is 2. The molecule has 0 saturated carbocycles. The Labute approximate surface area is 119 Å². The molecule has 0 fully saturated rings. The monoisotopic (exact) mass is 325 g/mol. The molecule has 0 amide bonds. The van der Waals surface area contributed by atoms with Gasteiger partial charge in [0.1, 0.15) is 0 Å². The smallest absolute Gasteiger partial charge is 0.0540 e. The number of rotatable bonds is 3. The average Bonchev–Trinajstić information content (AvgIpc) is 2.94. The Morgan fingerprint density at radius 2 is 2.50 bits per heavy atom. The van der Waals surface area contributed by atoms with Crippen molar-refractivity contribution in [3.63, 3.8) is 0 Å². The quantitative estimate of drug-likeness (QED) is 0.937. The lowest BCUT2D eigenvalue weighted by atomic mass is 9.93. The van der Waals surface area contributed by atoms with Gasteiger partial charge in [0.05, 0.1) is 6.20 Å². The first-order valence-corrected chi connectivity index (χ1v) is 7.88. The second kappa shape index (κ2) is 5.15. The minimum atomic E-state index is 0.461. The molecular weight excluding hydrogens is 310 g/mol. The summed E-state index contributed by atoms with van der Waals surface area (Å²) in [5.41, 5.74) is 2.78. The second-order valence-electron chi connectivity index (χ2n) is 4.73. The molecule has 1 aliphatic carbocycles.